The number of hydrogen-bond donors (Lipinski definition) is 2. The highest BCUT2D eigenvalue weighted by atomic mass is 16.5. The van der Waals surface area contributed by atoms with E-state index in [4.69, 9.17) is 9.47 Å². The molecule has 0 saturated heterocycles. The largest absolute Gasteiger partial charge is 0.504 e. The molecule has 2 rings (SSSR count). The summed E-state index contributed by atoms with van der Waals surface area (Å²) in [6, 6.07) is 10.1. The van der Waals surface area contributed by atoms with Crippen LogP contribution in [0.15, 0.2) is 36.4 Å². The fourth-order valence-corrected chi connectivity index (χ4v) is 2.20. The van der Waals surface area contributed by atoms with Crippen LogP contribution in [0.2, 0.25) is 0 Å². The monoisotopic (exact) mass is 329 g/mol. The normalized spacial score (nSPS) is 10.1. The van der Waals surface area contributed by atoms with Crippen molar-refractivity contribution in [2.45, 2.75) is 13.8 Å². The number of esters is 1. The number of amides is 1. The van der Waals surface area contributed by atoms with Gasteiger partial charge in [0.2, 0.25) is 0 Å². The fourth-order valence-electron chi connectivity index (χ4n) is 2.20. The Balaban J connectivity index is 1.97. The average Bonchev–Trinajstić information content (AvgIpc) is 2.55. The molecule has 0 unspecified atom stereocenters. The Hall–Kier alpha value is -3.02. The summed E-state index contributed by atoms with van der Waals surface area (Å²) < 4.78 is 9.87. The van der Waals surface area contributed by atoms with E-state index in [2.05, 4.69) is 5.32 Å². The quantitative estimate of drug-likeness (QED) is 0.824. The highest BCUT2D eigenvalue weighted by molar-refractivity contribution is 5.97. The summed E-state index contributed by atoms with van der Waals surface area (Å²) >= 11 is 0. The summed E-state index contributed by atoms with van der Waals surface area (Å²) in [6.45, 7) is 3.38. The Kier molecular flexibility index (Phi) is 5.42. The van der Waals surface area contributed by atoms with E-state index in [0.29, 0.717) is 5.69 Å². The molecule has 1 amide bonds. The highest BCUT2D eigenvalue weighted by Crippen LogP contribution is 2.29. The van der Waals surface area contributed by atoms with E-state index in [1.165, 1.54) is 19.2 Å². The molecular weight excluding hydrogens is 310 g/mol. The molecule has 24 heavy (non-hydrogen) atoms. The predicted octanol–water partition coefficient (Wildman–Crippen LogP) is 2.81. The van der Waals surface area contributed by atoms with Crippen LogP contribution < -0.4 is 10.1 Å². The lowest BCUT2D eigenvalue weighted by Gasteiger charge is -2.11. The second-order valence-electron chi connectivity index (χ2n) is 5.30. The van der Waals surface area contributed by atoms with Crippen LogP contribution in [0.1, 0.15) is 21.5 Å². The van der Waals surface area contributed by atoms with Gasteiger partial charge in [-0.15, -0.1) is 0 Å². The number of rotatable bonds is 5. The average molecular weight is 329 g/mol. The predicted molar refractivity (Wildman–Crippen MR) is 89.5 cm³/mol. The molecule has 0 aliphatic carbocycles. The number of ether oxygens (including phenoxy) is 2. The molecule has 0 aromatic heterocycles. The number of hydrogen-bond acceptors (Lipinski definition) is 5. The second-order valence-corrected chi connectivity index (χ2v) is 5.30. The van der Waals surface area contributed by atoms with Crippen LogP contribution in [-0.2, 0) is 9.53 Å². The first-order valence-corrected chi connectivity index (χ1v) is 7.32. The van der Waals surface area contributed by atoms with Crippen molar-refractivity contribution in [1.82, 2.24) is 0 Å². The molecule has 0 saturated carbocycles. The van der Waals surface area contributed by atoms with Gasteiger partial charge in [-0.3, -0.25) is 4.79 Å². The maximum Gasteiger partial charge on any atom is 0.342 e. The standard InChI is InChI=1S/C18H19NO5/c1-11-7-8-14(12(2)9-11)19-16(20)10-24-18(22)13-5-4-6-15(23-3)17(13)21/h4-9,21H,10H2,1-3H3,(H,19,20). The number of carbonyl (C=O) groups is 2. The number of methoxy groups -OCH3 is 1. The van der Waals surface area contributed by atoms with Crippen molar-refractivity contribution in [1.29, 1.82) is 0 Å². The molecule has 0 aliphatic heterocycles. The molecule has 0 fully saturated rings. The van der Waals surface area contributed by atoms with E-state index in [0.717, 1.165) is 11.1 Å². The van der Waals surface area contributed by atoms with Gasteiger partial charge in [-0.05, 0) is 37.6 Å². The minimum Gasteiger partial charge on any atom is -0.504 e. The Morgan fingerprint density at radius 3 is 2.58 bits per heavy atom. The summed E-state index contributed by atoms with van der Waals surface area (Å²) in [6.07, 6.45) is 0. The van der Waals surface area contributed by atoms with Gasteiger partial charge in [-0.1, -0.05) is 23.8 Å². The van der Waals surface area contributed by atoms with Crippen molar-refractivity contribution >= 4 is 17.6 Å². The number of nitrogens with one attached hydrogen (secondary N) is 1. The Morgan fingerprint density at radius 2 is 1.92 bits per heavy atom. The van der Waals surface area contributed by atoms with Crippen LogP contribution in [0.3, 0.4) is 0 Å². The van der Waals surface area contributed by atoms with E-state index in [9.17, 15) is 14.7 Å². The third kappa shape index (κ3) is 4.04. The molecule has 0 bridgehead atoms. The zero-order valence-corrected chi connectivity index (χ0v) is 13.8. The van der Waals surface area contributed by atoms with Crippen molar-refractivity contribution in [3.05, 3.63) is 53.1 Å². The molecule has 2 N–H and O–H groups in total. The molecule has 0 spiro atoms. The number of para-hydroxylation sites is 1. The molecule has 2 aromatic rings. The lowest BCUT2D eigenvalue weighted by Crippen LogP contribution is -2.21. The van der Waals surface area contributed by atoms with Crippen LogP contribution in [0, 0.1) is 13.8 Å². The second kappa shape index (κ2) is 7.50. The first kappa shape index (κ1) is 17.3. The van der Waals surface area contributed by atoms with E-state index in [-0.39, 0.29) is 17.1 Å². The van der Waals surface area contributed by atoms with E-state index in [1.54, 1.807) is 12.1 Å². The number of anilines is 1. The molecule has 2 aromatic carbocycles. The smallest absolute Gasteiger partial charge is 0.342 e. The van der Waals surface area contributed by atoms with Gasteiger partial charge in [-0.25, -0.2) is 4.79 Å². The molecule has 6 heteroatoms. The summed E-state index contributed by atoms with van der Waals surface area (Å²) in [7, 11) is 1.38. The van der Waals surface area contributed by atoms with Gasteiger partial charge >= 0.3 is 5.97 Å². The first-order valence-electron chi connectivity index (χ1n) is 7.32. The van der Waals surface area contributed by atoms with Crippen molar-refractivity contribution < 1.29 is 24.2 Å². The lowest BCUT2D eigenvalue weighted by molar-refractivity contribution is -0.119. The summed E-state index contributed by atoms with van der Waals surface area (Å²) in [5.74, 6) is -1.43. The molecule has 6 nitrogen and oxygen atoms in total. The molecular formula is C18H19NO5. The van der Waals surface area contributed by atoms with E-state index >= 15 is 0 Å². The van der Waals surface area contributed by atoms with Crippen LogP contribution in [0.5, 0.6) is 11.5 Å². The van der Waals surface area contributed by atoms with Crippen LogP contribution in [-0.4, -0.2) is 30.7 Å². The third-order valence-electron chi connectivity index (χ3n) is 3.43. The van der Waals surface area contributed by atoms with Crippen LogP contribution in [0.4, 0.5) is 5.69 Å². The molecule has 0 aliphatic rings. The van der Waals surface area contributed by atoms with Crippen molar-refractivity contribution in [3.63, 3.8) is 0 Å². The number of aryl methyl sites for hydroxylation is 2. The minimum atomic E-state index is -0.804. The summed E-state index contributed by atoms with van der Waals surface area (Å²) in [5.41, 5.74) is 2.60. The maximum atomic E-state index is 12.0. The van der Waals surface area contributed by atoms with Crippen LogP contribution >= 0.6 is 0 Å². The van der Waals surface area contributed by atoms with Gasteiger partial charge < -0.3 is 19.9 Å². The van der Waals surface area contributed by atoms with Gasteiger partial charge in [-0.2, -0.15) is 0 Å². The highest BCUT2D eigenvalue weighted by Gasteiger charge is 2.17. The van der Waals surface area contributed by atoms with E-state index in [1.807, 2.05) is 26.0 Å². The van der Waals surface area contributed by atoms with Gasteiger partial charge in [0, 0.05) is 5.69 Å². The Bertz CT molecular complexity index is 770. The Labute approximate surface area is 140 Å². The molecule has 0 heterocycles. The topological polar surface area (TPSA) is 84.9 Å². The first-order chi connectivity index (χ1) is 11.4. The van der Waals surface area contributed by atoms with Crippen molar-refractivity contribution in [2.24, 2.45) is 0 Å². The van der Waals surface area contributed by atoms with E-state index < -0.39 is 18.5 Å². The number of carbonyl (C=O) groups excluding carboxylic acids is 2. The fraction of sp³-hybridized carbons (Fsp3) is 0.222. The minimum absolute atomic E-state index is 0.0614. The SMILES string of the molecule is COc1cccc(C(=O)OCC(=O)Nc2ccc(C)cc2C)c1O. The van der Waals surface area contributed by atoms with Gasteiger partial charge in [0.25, 0.3) is 5.91 Å². The zero-order valence-electron chi connectivity index (χ0n) is 13.8. The summed E-state index contributed by atoms with van der Waals surface area (Å²) in [4.78, 5) is 23.9. The number of phenols is 1. The lowest BCUT2D eigenvalue weighted by atomic mass is 10.1. The molecule has 0 atom stereocenters. The van der Waals surface area contributed by atoms with Crippen molar-refractivity contribution in [3.8, 4) is 11.5 Å². The van der Waals surface area contributed by atoms with Crippen molar-refractivity contribution in [2.75, 3.05) is 19.0 Å². The summed E-state index contributed by atoms with van der Waals surface area (Å²) in [5, 5.41) is 12.6. The third-order valence-corrected chi connectivity index (χ3v) is 3.43. The van der Waals surface area contributed by atoms with Gasteiger partial charge in [0.05, 0.1) is 7.11 Å². The number of benzene rings is 2. The zero-order chi connectivity index (χ0) is 17.7. The van der Waals surface area contributed by atoms with Crippen LogP contribution in [0.25, 0.3) is 0 Å². The molecule has 0 radical (unpaired) electrons. The van der Waals surface area contributed by atoms with Gasteiger partial charge in [0.15, 0.2) is 18.1 Å². The number of aromatic hydroxyl groups is 1. The molecule has 126 valence electrons. The maximum absolute atomic E-state index is 12.0. The van der Waals surface area contributed by atoms with Gasteiger partial charge in [0.1, 0.15) is 5.56 Å². The number of phenolic OH excluding ortho intramolecular Hbond substituents is 1. The Morgan fingerprint density at radius 1 is 1.17 bits per heavy atom.